The number of hydrogen-bond acceptors (Lipinski definition) is 3. The zero-order valence-corrected chi connectivity index (χ0v) is 12.3. The van der Waals surface area contributed by atoms with Crippen molar-refractivity contribution in [3.8, 4) is 10.6 Å². The average Bonchev–Trinajstić information content (AvgIpc) is 3.18. The smallest absolute Gasteiger partial charge is 0.0749 e. The fourth-order valence-corrected chi connectivity index (χ4v) is 4.49. The summed E-state index contributed by atoms with van der Waals surface area (Å²) in [5, 5.41) is 7.06. The van der Waals surface area contributed by atoms with E-state index in [1.165, 1.54) is 35.7 Å². The summed E-state index contributed by atoms with van der Waals surface area (Å²) >= 11 is 1.88. The monoisotopic (exact) mass is 285 g/mol. The van der Waals surface area contributed by atoms with Crippen LogP contribution in [0.2, 0.25) is 0 Å². The Labute approximate surface area is 123 Å². The molecule has 2 aromatic heterocycles. The molecule has 3 heterocycles. The third-order valence-electron chi connectivity index (χ3n) is 4.50. The van der Waals surface area contributed by atoms with Crippen molar-refractivity contribution in [3.63, 3.8) is 0 Å². The molecule has 4 heteroatoms. The van der Waals surface area contributed by atoms with Crippen molar-refractivity contribution < 1.29 is 0 Å². The Balaban J connectivity index is 1.43. The molecular weight excluding hydrogens is 266 g/mol. The molecule has 0 aromatic carbocycles. The molecule has 0 bridgehead atoms. The van der Waals surface area contributed by atoms with Crippen molar-refractivity contribution in [1.29, 1.82) is 0 Å². The van der Waals surface area contributed by atoms with Crippen LogP contribution in [0.5, 0.6) is 0 Å². The Hall–Kier alpha value is -1.39. The summed E-state index contributed by atoms with van der Waals surface area (Å²) in [6.45, 7) is 3.64. The van der Waals surface area contributed by atoms with E-state index in [9.17, 15) is 0 Å². The molecule has 0 amide bonds. The molecule has 1 N–H and O–H groups in total. The summed E-state index contributed by atoms with van der Waals surface area (Å²) in [5.74, 6) is 1.79. The number of thiophene rings is 1. The number of nitrogens with one attached hydrogen (secondary N) is 1. The van der Waals surface area contributed by atoms with Crippen LogP contribution >= 0.6 is 11.3 Å². The van der Waals surface area contributed by atoms with E-state index in [1.807, 2.05) is 23.6 Å². The van der Waals surface area contributed by atoms with Crippen molar-refractivity contribution in [1.82, 2.24) is 15.1 Å². The summed E-state index contributed by atoms with van der Waals surface area (Å²) in [6, 6.07) is 6.50. The van der Waals surface area contributed by atoms with E-state index in [4.69, 9.17) is 0 Å². The van der Waals surface area contributed by atoms with Gasteiger partial charge >= 0.3 is 0 Å². The van der Waals surface area contributed by atoms with Crippen LogP contribution in [0.25, 0.3) is 10.6 Å². The van der Waals surface area contributed by atoms with Crippen molar-refractivity contribution >= 4 is 11.3 Å². The Morgan fingerprint density at radius 2 is 1.95 bits per heavy atom. The zero-order valence-electron chi connectivity index (χ0n) is 11.5. The Kier molecular flexibility index (Phi) is 3.20. The van der Waals surface area contributed by atoms with E-state index < -0.39 is 0 Å². The molecular formula is C16H19N3S. The van der Waals surface area contributed by atoms with Crippen molar-refractivity contribution in [2.75, 3.05) is 13.1 Å². The summed E-state index contributed by atoms with van der Waals surface area (Å²) in [5.41, 5.74) is 1.13. The molecule has 0 spiro atoms. The summed E-state index contributed by atoms with van der Waals surface area (Å²) in [7, 11) is 0. The topological polar surface area (TPSA) is 31.9 Å². The van der Waals surface area contributed by atoms with Gasteiger partial charge in [-0.1, -0.05) is 12.2 Å². The van der Waals surface area contributed by atoms with Gasteiger partial charge in [0.1, 0.15) is 0 Å². The second-order valence-corrected chi connectivity index (χ2v) is 7.06. The molecule has 1 aliphatic heterocycles. The van der Waals surface area contributed by atoms with Crippen LogP contribution in [-0.4, -0.2) is 28.2 Å². The first-order valence-electron chi connectivity index (χ1n) is 7.34. The Morgan fingerprint density at radius 1 is 1.15 bits per heavy atom. The minimum atomic E-state index is 0.895. The predicted molar refractivity (Wildman–Crippen MR) is 82.5 cm³/mol. The van der Waals surface area contributed by atoms with Crippen LogP contribution in [0.3, 0.4) is 0 Å². The highest BCUT2D eigenvalue weighted by atomic mass is 32.1. The molecule has 104 valence electrons. The lowest BCUT2D eigenvalue weighted by Crippen LogP contribution is -2.19. The lowest BCUT2D eigenvalue weighted by Gasteiger charge is -2.18. The minimum absolute atomic E-state index is 0.895. The van der Waals surface area contributed by atoms with E-state index in [2.05, 4.69) is 39.4 Å². The van der Waals surface area contributed by atoms with Crippen LogP contribution in [0.1, 0.15) is 17.7 Å². The number of allylic oxidation sites excluding steroid dienone is 2. The van der Waals surface area contributed by atoms with E-state index in [-0.39, 0.29) is 0 Å². The van der Waals surface area contributed by atoms with Gasteiger partial charge in [-0.05, 0) is 42.9 Å². The Bertz CT molecular complexity index is 583. The zero-order chi connectivity index (χ0) is 13.4. The predicted octanol–water partition coefficient (Wildman–Crippen LogP) is 3.54. The van der Waals surface area contributed by atoms with Crippen molar-refractivity contribution in [3.05, 3.63) is 41.4 Å². The lowest BCUT2D eigenvalue weighted by molar-refractivity contribution is 0.317. The molecule has 20 heavy (non-hydrogen) atoms. The van der Waals surface area contributed by atoms with Gasteiger partial charge < -0.3 is 0 Å². The molecule has 2 atom stereocenters. The fourth-order valence-electron chi connectivity index (χ4n) is 3.46. The fraction of sp³-hybridized carbons (Fsp3) is 0.438. The number of likely N-dealkylation sites (tertiary alicyclic amines) is 1. The van der Waals surface area contributed by atoms with E-state index >= 15 is 0 Å². The standard InChI is InChI=1S/C16H19N3S/c1-2-4-13-10-19(9-12(13)3-1)11-14-5-6-16(20-14)15-7-8-17-18-15/h1-2,5-8,12-13H,3-4,9-11H2,(H,17,18)/t12-,13+. The van der Waals surface area contributed by atoms with Crippen LogP contribution in [0, 0.1) is 11.8 Å². The molecule has 1 fully saturated rings. The number of H-pyrrole nitrogens is 1. The number of rotatable bonds is 3. The van der Waals surface area contributed by atoms with Gasteiger partial charge in [-0.3, -0.25) is 10.00 Å². The first kappa shape index (κ1) is 12.4. The molecule has 1 aliphatic carbocycles. The number of aromatic amines is 1. The second kappa shape index (κ2) is 5.19. The maximum atomic E-state index is 4.02. The number of hydrogen-bond donors (Lipinski definition) is 1. The van der Waals surface area contributed by atoms with Gasteiger partial charge in [-0.15, -0.1) is 11.3 Å². The summed E-state index contributed by atoms with van der Waals surface area (Å²) in [4.78, 5) is 5.38. The highest BCUT2D eigenvalue weighted by Crippen LogP contribution is 2.34. The van der Waals surface area contributed by atoms with Gasteiger partial charge in [0.05, 0.1) is 10.6 Å². The molecule has 0 radical (unpaired) electrons. The van der Waals surface area contributed by atoms with Crippen molar-refractivity contribution in [2.45, 2.75) is 19.4 Å². The van der Waals surface area contributed by atoms with Gasteiger partial charge in [0.25, 0.3) is 0 Å². The number of nitrogens with zero attached hydrogens (tertiary/aromatic N) is 2. The maximum Gasteiger partial charge on any atom is 0.0749 e. The minimum Gasteiger partial charge on any atom is -0.298 e. The molecule has 3 nitrogen and oxygen atoms in total. The van der Waals surface area contributed by atoms with E-state index in [0.717, 1.165) is 24.1 Å². The second-order valence-electron chi connectivity index (χ2n) is 5.89. The largest absolute Gasteiger partial charge is 0.298 e. The maximum absolute atomic E-state index is 4.02. The summed E-state index contributed by atoms with van der Waals surface area (Å²) in [6.07, 6.45) is 9.11. The van der Waals surface area contributed by atoms with Gasteiger partial charge in [-0.25, -0.2) is 0 Å². The normalized spacial score (nSPS) is 26.0. The quantitative estimate of drug-likeness (QED) is 0.875. The molecule has 2 aliphatic rings. The molecule has 0 unspecified atom stereocenters. The van der Waals surface area contributed by atoms with Gasteiger partial charge in [0, 0.05) is 30.7 Å². The van der Waals surface area contributed by atoms with Crippen LogP contribution in [0.15, 0.2) is 36.5 Å². The molecule has 4 rings (SSSR count). The third-order valence-corrected chi connectivity index (χ3v) is 5.61. The van der Waals surface area contributed by atoms with Gasteiger partial charge in [0.2, 0.25) is 0 Å². The molecule has 2 aromatic rings. The highest BCUT2D eigenvalue weighted by molar-refractivity contribution is 7.15. The van der Waals surface area contributed by atoms with Gasteiger partial charge in [0.15, 0.2) is 0 Å². The number of aromatic nitrogens is 2. The van der Waals surface area contributed by atoms with E-state index in [1.54, 1.807) is 0 Å². The first-order chi connectivity index (χ1) is 9.88. The Morgan fingerprint density at radius 3 is 2.65 bits per heavy atom. The lowest BCUT2D eigenvalue weighted by atomic mass is 9.86. The third kappa shape index (κ3) is 2.34. The highest BCUT2D eigenvalue weighted by Gasteiger charge is 2.32. The molecule has 1 saturated heterocycles. The summed E-state index contributed by atoms with van der Waals surface area (Å²) < 4.78 is 0. The van der Waals surface area contributed by atoms with Crippen LogP contribution in [0.4, 0.5) is 0 Å². The average molecular weight is 285 g/mol. The van der Waals surface area contributed by atoms with Crippen LogP contribution in [-0.2, 0) is 6.54 Å². The molecule has 0 saturated carbocycles. The SMILES string of the molecule is C1=CC[C@H]2CN(Cc3ccc(-c4ccn[nH]4)s3)C[C@H]2C1. The van der Waals surface area contributed by atoms with E-state index in [0.29, 0.717) is 0 Å². The number of fused-ring (bicyclic) bond motifs is 1. The first-order valence-corrected chi connectivity index (χ1v) is 8.16. The van der Waals surface area contributed by atoms with Crippen LogP contribution < -0.4 is 0 Å². The van der Waals surface area contributed by atoms with Crippen molar-refractivity contribution in [2.24, 2.45) is 11.8 Å². The van der Waals surface area contributed by atoms with Gasteiger partial charge in [-0.2, -0.15) is 5.10 Å².